The van der Waals surface area contributed by atoms with Crippen LogP contribution in [0, 0.1) is 0 Å². The van der Waals surface area contributed by atoms with Gasteiger partial charge in [0.15, 0.2) is 11.5 Å². The molecule has 1 aliphatic carbocycles. The second-order valence-electron chi connectivity index (χ2n) is 6.31. The number of methoxy groups -OCH3 is 1. The van der Waals surface area contributed by atoms with Crippen LogP contribution in [-0.4, -0.2) is 37.7 Å². The van der Waals surface area contributed by atoms with E-state index >= 15 is 0 Å². The van der Waals surface area contributed by atoms with Crippen LogP contribution in [0.15, 0.2) is 18.2 Å². The molecule has 1 atom stereocenters. The van der Waals surface area contributed by atoms with E-state index in [1.54, 1.807) is 7.11 Å². The summed E-state index contributed by atoms with van der Waals surface area (Å²) < 4.78 is 11.7. The molecule has 0 bridgehead atoms. The van der Waals surface area contributed by atoms with Crippen LogP contribution < -0.4 is 9.47 Å². The Morgan fingerprint density at radius 3 is 2.62 bits per heavy atom. The molecule has 1 saturated heterocycles. The number of likely N-dealkylation sites (tertiary alicyclic amines) is 1. The van der Waals surface area contributed by atoms with Crippen molar-refractivity contribution in [1.29, 1.82) is 0 Å². The SMILES string of the molecule is CCN1CC[C@H](c2ccc(OC)c(OC3CCCC3)c2)C1. The number of rotatable bonds is 5. The maximum absolute atomic E-state index is 6.21. The van der Waals surface area contributed by atoms with Gasteiger partial charge in [0, 0.05) is 6.54 Å². The van der Waals surface area contributed by atoms with E-state index in [1.807, 2.05) is 0 Å². The molecular weight excluding hydrogens is 262 g/mol. The van der Waals surface area contributed by atoms with Gasteiger partial charge in [0.1, 0.15) is 0 Å². The van der Waals surface area contributed by atoms with Crippen molar-refractivity contribution in [3.05, 3.63) is 23.8 Å². The van der Waals surface area contributed by atoms with Gasteiger partial charge in [-0.15, -0.1) is 0 Å². The topological polar surface area (TPSA) is 21.7 Å². The van der Waals surface area contributed by atoms with Crippen LogP contribution in [-0.2, 0) is 0 Å². The van der Waals surface area contributed by atoms with Gasteiger partial charge in [0.05, 0.1) is 13.2 Å². The van der Waals surface area contributed by atoms with Crippen molar-refractivity contribution < 1.29 is 9.47 Å². The van der Waals surface area contributed by atoms with Gasteiger partial charge in [-0.1, -0.05) is 13.0 Å². The first-order valence-electron chi connectivity index (χ1n) is 8.37. The van der Waals surface area contributed by atoms with Crippen molar-refractivity contribution in [3.63, 3.8) is 0 Å². The van der Waals surface area contributed by atoms with Crippen LogP contribution in [0.2, 0.25) is 0 Å². The monoisotopic (exact) mass is 289 g/mol. The van der Waals surface area contributed by atoms with Crippen molar-refractivity contribution >= 4 is 0 Å². The summed E-state index contributed by atoms with van der Waals surface area (Å²) in [4.78, 5) is 2.52. The third kappa shape index (κ3) is 3.34. The second-order valence-corrected chi connectivity index (χ2v) is 6.31. The van der Waals surface area contributed by atoms with Gasteiger partial charge < -0.3 is 14.4 Å². The first-order valence-corrected chi connectivity index (χ1v) is 8.37. The molecule has 1 aromatic rings. The van der Waals surface area contributed by atoms with E-state index in [2.05, 4.69) is 30.0 Å². The predicted molar refractivity (Wildman–Crippen MR) is 85.4 cm³/mol. The largest absolute Gasteiger partial charge is 0.493 e. The van der Waals surface area contributed by atoms with Gasteiger partial charge in [-0.2, -0.15) is 0 Å². The first kappa shape index (κ1) is 14.7. The highest BCUT2D eigenvalue weighted by Gasteiger charge is 2.24. The minimum absolute atomic E-state index is 0.380. The number of likely N-dealkylation sites (N-methyl/N-ethyl adjacent to an activating group) is 1. The van der Waals surface area contributed by atoms with Crippen molar-refractivity contribution in [2.45, 2.75) is 51.0 Å². The van der Waals surface area contributed by atoms with Gasteiger partial charge in [-0.3, -0.25) is 0 Å². The molecule has 2 fully saturated rings. The Balaban J connectivity index is 1.76. The van der Waals surface area contributed by atoms with Gasteiger partial charge in [-0.25, -0.2) is 0 Å². The van der Waals surface area contributed by atoms with Gasteiger partial charge in [0.25, 0.3) is 0 Å². The molecule has 21 heavy (non-hydrogen) atoms. The molecule has 3 rings (SSSR count). The average molecular weight is 289 g/mol. The molecule has 116 valence electrons. The van der Waals surface area contributed by atoms with Crippen LogP contribution >= 0.6 is 0 Å². The van der Waals surface area contributed by atoms with Crippen LogP contribution in [0.3, 0.4) is 0 Å². The van der Waals surface area contributed by atoms with E-state index in [1.165, 1.54) is 50.8 Å². The van der Waals surface area contributed by atoms with Crippen LogP contribution in [0.5, 0.6) is 11.5 Å². The van der Waals surface area contributed by atoms with E-state index in [4.69, 9.17) is 9.47 Å². The quantitative estimate of drug-likeness (QED) is 0.822. The Kier molecular flexibility index (Phi) is 4.69. The molecule has 0 spiro atoms. The fraction of sp³-hybridized carbons (Fsp3) is 0.667. The zero-order valence-corrected chi connectivity index (χ0v) is 13.3. The van der Waals surface area contributed by atoms with E-state index in [0.29, 0.717) is 12.0 Å². The number of hydrogen-bond donors (Lipinski definition) is 0. The molecule has 3 nitrogen and oxygen atoms in total. The molecular formula is C18H27NO2. The maximum Gasteiger partial charge on any atom is 0.161 e. The summed E-state index contributed by atoms with van der Waals surface area (Å²) in [6.45, 7) is 5.78. The third-order valence-electron chi connectivity index (χ3n) is 4.97. The van der Waals surface area contributed by atoms with Crippen molar-refractivity contribution in [2.75, 3.05) is 26.7 Å². The molecule has 0 radical (unpaired) electrons. The summed E-state index contributed by atoms with van der Waals surface area (Å²) in [6.07, 6.45) is 6.58. The molecule has 3 heteroatoms. The summed E-state index contributed by atoms with van der Waals surface area (Å²) in [5.74, 6) is 2.45. The molecule has 1 heterocycles. The third-order valence-corrected chi connectivity index (χ3v) is 4.97. The van der Waals surface area contributed by atoms with E-state index in [9.17, 15) is 0 Å². The lowest BCUT2D eigenvalue weighted by Gasteiger charge is -2.19. The highest BCUT2D eigenvalue weighted by Crippen LogP contribution is 2.36. The zero-order valence-electron chi connectivity index (χ0n) is 13.3. The van der Waals surface area contributed by atoms with Crippen molar-refractivity contribution in [3.8, 4) is 11.5 Å². The summed E-state index contributed by atoms with van der Waals surface area (Å²) in [5.41, 5.74) is 1.40. The van der Waals surface area contributed by atoms with Gasteiger partial charge in [-0.05, 0) is 68.8 Å². The van der Waals surface area contributed by atoms with Crippen LogP contribution in [0.1, 0.15) is 50.5 Å². The van der Waals surface area contributed by atoms with Crippen LogP contribution in [0.25, 0.3) is 0 Å². The zero-order chi connectivity index (χ0) is 14.7. The lowest BCUT2D eigenvalue weighted by molar-refractivity contribution is 0.200. The Morgan fingerprint density at radius 1 is 1.14 bits per heavy atom. The Bertz CT molecular complexity index is 468. The fourth-order valence-electron chi connectivity index (χ4n) is 3.62. The summed E-state index contributed by atoms with van der Waals surface area (Å²) in [5, 5.41) is 0. The molecule has 1 aromatic carbocycles. The standard InChI is InChI=1S/C18H27NO2/c1-3-19-11-10-15(13-19)14-8-9-17(20-2)18(12-14)21-16-6-4-5-7-16/h8-9,12,15-16H,3-7,10-11,13H2,1-2H3/t15-/m0/s1. The fourth-order valence-corrected chi connectivity index (χ4v) is 3.62. The molecule has 0 unspecified atom stereocenters. The Labute approximate surface area is 128 Å². The number of hydrogen-bond acceptors (Lipinski definition) is 3. The number of benzene rings is 1. The highest BCUT2D eigenvalue weighted by atomic mass is 16.5. The molecule has 2 aliphatic rings. The lowest BCUT2D eigenvalue weighted by Crippen LogP contribution is -2.19. The van der Waals surface area contributed by atoms with Crippen molar-refractivity contribution in [1.82, 2.24) is 4.90 Å². The summed E-state index contributed by atoms with van der Waals surface area (Å²) >= 11 is 0. The average Bonchev–Trinajstić information content (AvgIpc) is 3.18. The van der Waals surface area contributed by atoms with Gasteiger partial charge in [0.2, 0.25) is 0 Å². The maximum atomic E-state index is 6.21. The molecule has 0 aromatic heterocycles. The van der Waals surface area contributed by atoms with Crippen LogP contribution in [0.4, 0.5) is 0 Å². The molecule has 1 aliphatic heterocycles. The lowest BCUT2D eigenvalue weighted by atomic mass is 9.98. The van der Waals surface area contributed by atoms with Crippen molar-refractivity contribution in [2.24, 2.45) is 0 Å². The Morgan fingerprint density at radius 2 is 1.95 bits per heavy atom. The van der Waals surface area contributed by atoms with E-state index < -0.39 is 0 Å². The molecule has 0 N–H and O–H groups in total. The summed E-state index contributed by atoms with van der Waals surface area (Å²) in [6, 6.07) is 6.51. The smallest absolute Gasteiger partial charge is 0.161 e. The molecule has 1 saturated carbocycles. The minimum atomic E-state index is 0.380. The van der Waals surface area contributed by atoms with Gasteiger partial charge >= 0.3 is 0 Å². The first-order chi connectivity index (χ1) is 10.3. The minimum Gasteiger partial charge on any atom is -0.493 e. The van der Waals surface area contributed by atoms with E-state index in [0.717, 1.165) is 18.0 Å². The number of ether oxygens (including phenoxy) is 2. The number of nitrogens with zero attached hydrogens (tertiary/aromatic N) is 1. The second kappa shape index (κ2) is 6.69. The predicted octanol–water partition coefficient (Wildman–Crippen LogP) is 3.83. The Hall–Kier alpha value is -1.22. The summed E-state index contributed by atoms with van der Waals surface area (Å²) in [7, 11) is 1.73. The van der Waals surface area contributed by atoms with E-state index in [-0.39, 0.29) is 0 Å². The normalized spacial score (nSPS) is 23.6. The highest BCUT2D eigenvalue weighted by molar-refractivity contribution is 5.44. The molecule has 0 amide bonds.